The van der Waals surface area contributed by atoms with Gasteiger partial charge in [0.25, 0.3) is 0 Å². The zero-order valence-corrected chi connectivity index (χ0v) is 22.7. The number of carbonyl (C=O) groups is 2. The number of benzene rings is 2. The molecule has 7 heteroatoms. The van der Waals surface area contributed by atoms with Crippen LogP contribution in [0.15, 0.2) is 85.2 Å². The van der Waals surface area contributed by atoms with E-state index in [9.17, 15) is 9.59 Å². The van der Waals surface area contributed by atoms with Crippen molar-refractivity contribution in [3.8, 4) is 0 Å². The number of ether oxygens (including phenoxy) is 1. The summed E-state index contributed by atoms with van der Waals surface area (Å²) < 4.78 is 5.51. The van der Waals surface area contributed by atoms with E-state index in [-0.39, 0.29) is 17.2 Å². The van der Waals surface area contributed by atoms with Crippen molar-refractivity contribution in [3.05, 3.63) is 102 Å². The highest BCUT2D eigenvalue weighted by atomic mass is 32.2. The number of nitrogens with zero attached hydrogens (tertiary/aromatic N) is 1. The van der Waals surface area contributed by atoms with Crippen LogP contribution < -0.4 is 10.6 Å². The number of aromatic nitrogens is 1. The molecule has 3 rings (SSSR count). The molecular weight excluding hydrogens is 482 g/mol. The summed E-state index contributed by atoms with van der Waals surface area (Å²) in [6.07, 6.45) is 5.08. The van der Waals surface area contributed by atoms with Crippen LogP contribution in [-0.4, -0.2) is 46.2 Å². The molecular formula is C30H37N3O3S. The molecule has 0 saturated heterocycles. The third-order valence-electron chi connectivity index (χ3n) is 5.54. The van der Waals surface area contributed by atoms with Gasteiger partial charge in [-0.25, -0.2) is 4.79 Å². The number of amides is 2. The molecule has 1 heterocycles. The second-order valence-electron chi connectivity index (χ2n) is 9.95. The van der Waals surface area contributed by atoms with Crippen LogP contribution in [0.5, 0.6) is 0 Å². The van der Waals surface area contributed by atoms with E-state index in [1.807, 2.05) is 99.8 Å². The summed E-state index contributed by atoms with van der Waals surface area (Å²) >= 11 is 1.56. The van der Waals surface area contributed by atoms with Gasteiger partial charge in [-0.15, -0.1) is 11.8 Å². The normalized spacial score (nSPS) is 12.8. The first-order valence-electron chi connectivity index (χ1n) is 12.6. The summed E-state index contributed by atoms with van der Waals surface area (Å²) in [5, 5.41) is 5.83. The molecule has 0 unspecified atom stereocenters. The van der Waals surface area contributed by atoms with E-state index < -0.39 is 11.7 Å². The lowest BCUT2D eigenvalue weighted by atomic mass is 10.1. The first-order valence-corrected chi connectivity index (χ1v) is 13.7. The van der Waals surface area contributed by atoms with Gasteiger partial charge >= 0.3 is 6.09 Å². The standard InChI is InChI=1S/C30H37N3O3S/c1-30(2,3)36-29(35)33-26(19-23-11-6-4-7-12-23)22-37-27(20-24-13-8-5-9-14-24)28(34)32-18-16-25-15-10-17-31-21-25/h4-15,17,21,26-27H,16,18-20,22H2,1-3H3,(H,32,34)(H,33,35)/t26-,27+/m1/s1. The smallest absolute Gasteiger partial charge is 0.407 e. The zero-order chi connectivity index (χ0) is 26.5. The average Bonchev–Trinajstić information content (AvgIpc) is 2.87. The lowest BCUT2D eigenvalue weighted by Gasteiger charge is -2.25. The minimum atomic E-state index is -0.585. The van der Waals surface area contributed by atoms with Crippen LogP contribution in [0.1, 0.15) is 37.5 Å². The topological polar surface area (TPSA) is 80.3 Å². The van der Waals surface area contributed by atoms with E-state index in [1.165, 1.54) is 0 Å². The largest absolute Gasteiger partial charge is 0.444 e. The molecule has 6 nitrogen and oxygen atoms in total. The van der Waals surface area contributed by atoms with E-state index in [0.29, 0.717) is 25.1 Å². The van der Waals surface area contributed by atoms with Crippen molar-refractivity contribution in [2.75, 3.05) is 12.3 Å². The summed E-state index contributed by atoms with van der Waals surface area (Å²) in [7, 11) is 0. The molecule has 0 aliphatic heterocycles. The minimum absolute atomic E-state index is 0.00604. The maximum atomic E-state index is 13.3. The van der Waals surface area contributed by atoms with Crippen molar-refractivity contribution in [3.63, 3.8) is 0 Å². The minimum Gasteiger partial charge on any atom is -0.444 e. The van der Waals surface area contributed by atoms with Gasteiger partial charge in [0.2, 0.25) is 5.91 Å². The SMILES string of the molecule is CC(C)(C)OC(=O)N[C@@H](CS[C@@H](Cc1ccccc1)C(=O)NCCc1cccnc1)Cc1ccccc1. The summed E-state index contributed by atoms with van der Waals surface area (Å²) in [5.74, 6) is 0.565. The van der Waals surface area contributed by atoms with E-state index in [0.717, 1.165) is 23.1 Å². The Kier molecular flexibility index (Phi) is 11.0. The fourth-order valence-electron chi connectivity index (χ4n) is 3.80. The van der Waals surface area contributed by atoms with Gasteiger partial charge in [-0.2, -0.15) is 0 Å². The quantitative estimate of drug-likeness (QED) is 0.343. The van der Waals surface area contributed by atoms with E-state index in [4.69, 9.17) is 4.74 Å². The van der Waals surface area contributed by atoms with Gasteiger partial charge in [-0.05, 0) is 62.8 Å². The number of thioether (sulfide) groups is 1. The summed E-state index contributed by atoms with van der Waals surface area (Å²) in [6.45, 7) is 6.08. The van der Waals surface area contributed by atoms with Crippen LogP contribution in [-0.2, 0) is 28.8 Å². The molecule has 0 fully saturated rings. The van der Waals surface area contributed by atoms with Crippen LogP contribution in [0, 0.1) is 0 Å². The van der Waals surface area contributed by atoms with Crippen molar-refractivity contribution in [2.45, 2.75) is 56.9 Å². The number of pyridine rings is 1. The Morgan fingerprint density at radius 2 is 1.51 bits per heavy atom. The molecule has 2 atom stereocenters. The third kappa shape index (κ3) is 11.1. The van der Waals surface area contributed by atoms with Gasteiger partial charge in [0.1, 0.15) is 5.60 Å². The van der Waals surface area contributed by atoms with Crippen molar-refractivity contribution < 1.29 is 14.3 Å². The van der Waals surface area contributed by atoms with Gasteiger partial charge in [0.15, 0.2) is 0 Å². The third-order valence-corrected chi connectivity index (χ3v) is 6.91. The zero-order valence-electron chi connectivity index (χ0n) is 21.9. The van der Waals surface area contributed by atoms with Gasteiger partial charge in [0.05, 0.1) is 5.25 Å². The summed E-state index contributed by atoms with van der Waals surface area (Å²) in [5.41, 5.74) is 2.71. The number of nitrogens with one attached hydrogen (secondary N) is 2. The molecule has 0 spiro atoms. The highest BCUT2D eigenvalue weighted by Crippen LogP contribution is 2.20. The maximum absolute atomic E-state index is 13.3. The molecule has 2 aromatic carbocycles. The second-order valence-corrected chi connectivity index (χ2v) is 11.2. The van der Waals surface area contributed by atoms with Crippen molar-refractivity contribution in [1.29, 1.82) is 0 Å². The fourth-order valence-corrected chi connectivity index (χ4v) is 5.01. The molecule has 2 amide bonds. The Morgan fingerprint density at radius 3 is 2.11 bits per heavy atom. The van der Waals surface area contributed by atoms with E-state index in [2.05, 4.69) is 15.6 Å². The molecule has 2 N–H and O–H groups in total. The lowest BCUT2D eigenvalue weighted by Crippen LogP contribution is -2.43. The predicted molar refractivity (Wildman–Crippen MR) is 151 cm³/mol. The van der Waals surface area contributed by atoms with Gasteiger partial charge in [-0.3, -0.25) is 9.78 Å². The molecule has 0 aliphatic rings. The Bertz CT molecular complexity index is 1090. The van der Waals surface area contributed by atoms with Crippen molar-refractivity contribution in [1.82, 2.24) is 15.6 Å². The van der Waals surface area contributed by atoms with Crippen LogP contribution >= 0.6 is 11.8 Å². The first-order chi connectivity index (χ1) is 17.8. The fraction of sp³-hybridized carbons (Fsp3) is 0.367. The molecule has 0 aliphatic carbocycles. The van der Waals surface area contributed by atoms with Gasteiger partial charge in [0, 0.05) is 30.7 Å². The Morgan fingerprint density at radius 1 is 0.892 bits per heavy atom. The average molecular weight is 520 g/mol. The second kappa shape index (κ2) is 14.4. The number of alkyl carbamates (subject to hydrolysis) is 1. The molecule has 3 aromatic rings. The predicted octanol–water partition coefficient (Wildman–Crippen LogP) is 5.22. The molecule has 0 bridgehead atoms. The Hall–Kier alpha value is -3.32. The summed E-state index contributed by atoms with van der Waals surface area (Å²) in [6, 6.07) is 23.8. The first kappa shape index (κ1) is 28.3. The Balaban J connectivity index is 1.67. The Labute approximate surface area is 224 Å². The highest BCUT2D eigenvalue weighted by Gasteiger charge is 2.24. The number of hydrogen-bond donors (Lipinski definition) is 2. The lowest BCUT2D eigenvalue weighted by molar-refractivity contribution is -0.120. The molecule has 1 aromatic heterocycles. The van der Waals surface area contributed by atoms with Crippen LogP contribution in [0.4, 0.5) is 4.79 Å². The summed E-state index contributed by atoms with van der Waals surface area (Å²) in [4.78, 5) is 30.0. The maximum Gasteiger partial charge on any atom is 0.407 e. The van der Waals surface area contributed by atoms with E-state index >= 15 is 0 Å². The number of carbonyl (C=O) groups excluding carboxylic acids is 2. The molecule has 0 radical (unpaired) electrons. The van der Waals surface area contributed by atoms with Crippen LogP contribution in [0.3, 0.4) is 0 Å². The van der Waals surface area contributed by atoms with Gasteiger partial charge in [-0.1, -0.05) is 66.7 Å². The van der Waals surface area contributed by atoms with Crippen LogP contribution in [0.25, 0.3) is 0 Å². The molecule has 196 valence electrons. The van der Waals surface area contributed by atoms with Crippen LogP contribution in [0.2, 0.25) is 0 Å². The molecule has 0 saturated carbocycles. The van der Waals surface area contributed by atoms with E-state index in [1.54, 1.807) is 18.0 Å². The number of rotatable bonds is 12. The molecule has 37 heavy (non-hydrogen) atoms. The van der Waals surface area contributed by atoms with Crippen molar-refractivity contribution >= 4 is 23.8 Å². The number of hydrogen-bond acceptors (Lipinski definition) is 5. The highest BCUT2D eigenvalue weighted by molar-refractivity contribution is 8.00. The van der Waals surface area contributed by atoms with Gasteiger partial charge < -0.3 is 15.4 Å². The van der Waals surface area contributed by atoms with Crippen molar-refractivity contribution in [2.24, 2.45) is 0 Å². The monoisotopic (exact) mass is 519 g/mol.